The van der Waals surface area contributed by atoms with Gasteiger partial charge in [-0.2, -0.15) is 5.10 Å². The Kier molecular flexibility index (Phi) is 5.56. The van der Waals surface area contributed by atoms with Crippen LogP contribution in [0.15, 0.2) is 30.6 Å². The number of nitrogens with one attached hydrogen (secondary N) is 1. The largest absolute Gasteiger partial charge is 0.496 e. The van der Waals surface area contributed by atoms with Crippen LogP contribution in [0.3, 0.4) is 0 Å². The van der Waals surface area contributed by atoms with Crippen molar-refractivity contribution in [1.29, 1.82) is 0 Å². The molecule has 154 valence electrons. The summed E-state index contributed by atoms with van der Waals surface area (Å²) in [7, 11) is 5.64. The lowest BCUT2D eigenvalue weighted by Crippen LogP contribution is -2.60. The maximum absolute atomic E-state index is 5.67. The summed E-state index contributed by atoms with van der Waals surface area (Å²) in [6, 6.07) is 6.18. The fraction of sp³-hybridized carbons (Fsp3) is 0.476. The van der Waals surface area contributed by atoms with Gasteiger partial charge in [0.05, 0.1) is 18.9 Å². The highest BCUT2D eigenvalue weighted by Gasteiger charge is 2.43. The van der Waals surface area contributed by atoms with E-state index in [0.717, 1.165) is 52.2 Å². The van der Waals surface area contributed by atoms with Crippen molar-refractivity contribution in [2.75, 3.05) is 38.7 Å². The van der Waals surface area contributed by atoms with Crippen LogP contribution in [-0.4, -0.2) is 53.8 Å². The van der Waals surface area contributed by atoms with Gasteiger partial charge >= 0.3 is 0 Å². The van der Waals surface area contributed by atoms with E-state index in [0.29, 0.717) is 5.41 Å². The second kappa shape index (κ2) is 8.12. The number of methoxy groups -OCH3 is 1. The van der Waals surface area contributed by atoms with Gasteiger partial charge in [-0.3, -0.25) is 4.68 Å². The van der Waals surface area contributed by atoms with Gasteiger partial charge in [-0.25, -0.2) is 0 Å². The molecule has 0 bridgehead atoms. The minimum Gasteiger partial charge on any atom is -0.496 e. The van der Waals surface area contributed by atoms with Crippen molar-refractivity contribution in [1.82, 2.24) is 25.3 Å². The van der Waals surface area contributed by atoms with Crippen LogP contribution in [-0.2, 0) is 7.05 Å². The first-order valence-electron chi connectivity index (χ1n) is 9.98. The molecular weight excluding hydrogens is 384 g/mol. The molecule has 1 N–H and O–H groups in total. The SMILES string of the molecule is CCCC1(CNC)CN(c2nnc(-c3ccc(-c4cnn(C)c4)cc3OC)s2)C1. The lowest BCUT2D eigenvalue weighted by atomic mass is 9.76. The van der Waals surface area contributed by atoms with E-state index in [4.69, 9.17) is 4.74 Å². The monoisotopic (exact) mass is 412 g/mol. The maximum atomic E-state index is 5.67. The standard InChI is InChI=1S/C21H28N6OS/c1-5-8-21(12-22-2)13-27(14-21)20-25-24-19(29-20)17-7-6-15(9-18(17)28-4)16-10-23-26(3)11-16/h6-7,9-11,22H,5,8,12-14H2,1-4H3. The van der Waals surface area contributed by atoms with E-state index in [-0.39, 0.29) is 0 Å². The maximum Gasteiger partial charge on any atom is 0.208 e. The van der Waals surface area contributed by atoms with E-state index in [9.17, 15) is 0 Å². The summed E-state index contributed by atoms with van der Waals surface area (Å²) in [6.07, 6.45) is 6.29. The number of nitrogens with zero attached hydrogens (tertiary/aromatic N) is 5. The number of hydrogen-bond acceptors (Lipinski definition) is 7. The van der Waals surface area contributed by atoms with Crippen LogP contribution in [0.5, 0.6) is 5.75 Å². The topological polar surface area (TPSA) is 68.1 Å². The first kappa shape index (κ1) is 19.8. The Morgan fingerprint density at radius 1 is 1.24 bits per heavy atom. The number of aryl methyl sites for hydroxylation is 1. The summed E-state index contributed by atoms with van der Waals surface area (Å²) in [6.45, 7) is 5.37. The number of ether oxygens (including phenoxy) is 1. The van der Waals surface area contributed by atoms with E-state index in [1.165, 1.54) is 12.8 Å². The molecule has 0 radical (unpaired) electrons. The second-order valence-corrected chi connectivity index (χ2v) is 8.80. The fourth-order valence-corrected chi connectivity index (χ4v) is 5.11. The molecule has 7 nitrogen and oxygen atoms in total. The molecule has 3 heterocycles. The molecule has 8 heteroatoms. The van der Waals surface area contributed by atoms with Crippen molar-refractivity contribution in [2.45, 2.75) is 19.8 Å². The van der Waals surface area contributed by atoms with Gasteiger partial charge in [-0.05, 0) is 31.2 Å². The summed E-state index contributed by atoms with van der Waals surface area (Å²) in [5, 5.41) is 18.4. The van der Waals surface area contributed by atoms with Gasteiger partial charge in [0.25, 0.3) is 0 Å². The molecule has 0 unspecified atom stereocenters. The lowest BCUT2D eigenvalue weighted by molar-refractivity contribution is 0.189. The first-order chi connectivity index (χ1) is 14.1. The zero-order valence-electron chi connectivity index (χ0n) is 17.5. The van der Waals surface area contributed by atoms with Crippen molar-refractivity contribution in [2.24, 2.45) is 12.5 Å². The molecule has 1 fully saturated rings. The summed E-state index contributed by atoms with van der Waals surface area (Å²) < 4.78 is 7.46. The van der Waals surface area contributed by atoms with Crippen LogP contribution in [0.2, 0.25) is 0 Å². The quantitative estimate of drug-likeness (QED) is 0.611. The van der Waals surface area contributed by atoms with E-state index in [2.05, 4.69) is 44.6 Å². The molecule has 4 rings (SSSR count). The van der Waals surface area contributed by atoms with Crippen molar-refractivity contribution in [3.05, 3.63) is 30.6 Å². The third kappa shape index (κ3) is 3.86. The highest BCUT2D eigenvalue weighted by Crippen LogP contribution is 2.42. The highest BCUT2D eigenvalue weighted by molar-refractivity contribution is 7.18. The Morgan fingerprint density at radius 3 is 2.72 bits per heavy atom. The van der Waals surface area contributed by atoms with Crippen molar-refractivity contribution >= 4 is 16.5 Å². The average molecular weight is 413 g/mol. The molecular formula is C21H28N6OS. The highest BCUT2D eigenvalue weighted by atomic mass is 32.1. The van der Waals surface area contributed by atoms with Crippen LogP contribution in [0.25, 0.3) is 21.7 Å². The summed E-state index contributed by atoms with van der Waals surface area (Å²) >= 11 is 1.63. The Morgan fingerprint density at radius 2 is 2.07 bits per heavy atom. The Balaban J connectivity index is 1.54. The van der Waals surface area contributed by atoms with Gasteiger partial charge in [-0.15, -0.1) is 10.2 Å². The number of anilines is 1. The molecule has 1 aromatic carbocycles. The van der Waals surface area contributed by atoms with Crippen molar-refractivity contribution in [3.63, 3.8) is 0 Å². The third-order valence-electron chi connectivity index (χ3n) is 5.54. The number of rotatable bonds is 8. The minimum atomic E-state index is 0.360. The minimum absolute atomic E-state index is 0.360. The molecule has 1 saturated heterocycles. The number of aromatic nitrogens is 4. The number of benzene rings is 1. The van der Waals surface area contributed by atoms with E-state index < -0.39 is 0 Å². The second-order valence-electron chi connectivity index (χ2n) is 7.84. The molecule has 29 heavy (non-hydrogen) atoms. The first-order valence-corrected chi connectivity index (χ1v) is 10.8. The van der Waals surface area contributed by atoms with Crippen molar-refractivity contribution < 1.29 is 4.74 Å². The Hall–Kier alpha value is -2.45. The van der Waals surface area contributed by atoms with Crippen LogP contribution >= 0.6 is 11.3 Å². The molecule has 0 saturated carbocycles. The molecule has 0 spiro atoms. The molecule has 0 aliphatic carbocycles. The van der Waals surface area contributed by atoms with Gasteiger partial charge in [0.1, 0.15) is 5.75 Å². The van der Waals surface area contributed by atoms with Crippen LogP contribution in [0.4, 0.5) is 5.13 Å². The van der Waals surface area contributed by atoms with Gasteiger partial charge < -0.3 is 15.0 Å². The summed E-state index contributed by atoms with van der Waals surface area (Å²) in [4.78, 5) is 2.34. The number of hydrogen-bond donors (Lipinski definition) is 1. The summed E-state index contributed by atoms with van der Waals surface area (Å²) in [5.41, 5.74) is 3.47. The Bertz CT molecular complexity index is 967. The normalized spacial score (nSPS) is 15.4. The lowest BCUT2D eigenvalue weighted by Gasteiger charge is -2.50. The van der Waals surface area contributed by atoms with Crippen LogP contribution < -0.4 is 15.0 Å². The van der Waals surface area contributed by atoms with Gasteiger partial charge in [-0.1, -0.05) is 30.7 Å². The van der Waals surface area contributed by atoms with Gasteiger partial charge in [0.2, 0.25) is 5.13 Å². The van der Waals surface area contributed by atoms with E-state index in [1.807, 2.05) is 32.6 Å². The zero-order chi connectivity index (χ0) is 20.4. The predicted molar refractivity (Wildman–Crippen MR) is 118 cm³/mol. The van der Waals surface area contributed by atoms with Crippen molar-refractivity contribution in [3.8, 4) is 27.4 Å². The zero-order valence-corrected chi connectivity index (χ0v) is 18.3. The molecule has 3 aromatic rings. The molecule has 2 aromatic heterocycles. The molecule has 1 aliphatic rings. The fourth-order valence-electron chi connectivity index (χ4n) is 4.23. The van der Waals surface area contributed by atoms with Gasteiger partial charge in [0, 0.05) is 43.9 Å². The molecule has 0 atom stereocenters. The van der Waals surface area contributed by atoms with Crippen LogP contribution in [0, 0.1) is 5.41 Å². The van der Waals surface area contributed by atoms with Crippen LogP contribution in [0.1, 0.15) is 19.8 Å². The third-order valence-corrected chi connectivity index (χ3v) is 6.56. The Labute approximate surface area is 175 Å². The van der Waals surface area contributed by atoms with E-state index >= 15 is 0 Å². The molecule has 0 amide bonds. The average Bonchev–Trinajstić information content (AvgIpc) is 3.34. The van der Waals surface area contributed by atoms with Gasteiger partial charge in [0.15, 0.2) is 5.01 Å². The van der Waals surface area contributed by atoms with E-state index in [1.54, 1.807) is 23.1 Å². The predicted octanol–water partition coefficient (Wildman–Crippen LogP) is 3.44. The summed E-state index contributed by atoms with van der Waals surface area (Å²) in [5.74, 6) is 0.799. The molecule has 1 aliphatic heterocycles. The smallest absolute Gasteiger partial charge is 0.208 e.